The lowest BCUT2D eigenvalue weighted by atomic mass is 9.87. The minimum Gasteiger partial charge on any atom is -0.389 e. The van der Waals surface area contributed by atoms with Gasteiger partial charge < -0.3 is 5.11 Å². The summed E-state index contributed by atoms with van der Waals surface area (Å²) >= 11 is 0. The summed E-state index contributed by atoms with van der Waals surface area (Å²) in [4.78, 5) is 0. The molecule has 1 unspecified atom stereocenters. The summed E-state index contributed by atoms with van der Waals surface area (Å²) in [5.41, 5.74) is 5.70. The van der Waals surface area contributed by atoms with Gasteiger partial charge in [-0.15, -0.1) is 0 Å². The molecule has 1 aliphatic heterocycles. The number of aryl methyl sites for hydroxylation is 3. The fraction of sp³-hybridized carbons (Fsp3) is 0.632. The lowest BCUT2D eigenvalue weighted by Gasteiger charge is -2.25. The second-order valence-electron chi connectivity index (χ2n) is 7.66. The minimum absolute atomic E-state index is 0.0947. The molecule has 0 saturated carbocycles. The van der Waals surface area contributed by atoms with Gasteiger partial charge in [-0.3, -0.25) is 0 Å². The summed E-state index contributed by atoms with van der Waals surface area (Å²) in [7, 11) is 0. The molecule has 0 amide bonds. The number of hydrogen-bond acceptors (Lipinski definition) is 1. The van der Waals surface area contributed by atoms with Crippen molar-refractivity contribution in [2.24, 2.45) is 5.41 Å². The Labute approximate surface area is 129 Å². The van der Waals surface area contributed by atoms with E-state index in [2.05, 4.69) is 64.5 Å². The molecule has 1 aliphatic rings. The van der Waals surface area contributed by atoms with Crippen molar-refractivity contribution in [2.45, 2.75) is 59.9 Å². The molecule has 1 aromatic carbocycles. The van der Waals surface area contributed by atoms with Crippen LogP contribution in [0.15, 0.2) is 12.1 Å². The molecule has 116 valence electrons. The van der Waals surface area contributed by atoms with Crippen molar-refractivity contribution in [3.8, 4) is 0 Å². The SMILES string of the molecule is Cc1cc(C)c(C2C=[N+]([C@H](CO)C(C)(C)C)CC2)c(C)c1. The molecule has 1 aromatic rings. The first-order valence-corrected chi connectivity index (χ1v) is 8.03. The number of benzene rings is 1. The van der Waals surface area contributed by atoms with E-state index in [1.807, 2.05) is 0 Å². The summed E-state index contributed by atoms with van der Waals surface area (Å²) < 4.78 is 2.36. The predicted octanol–water partition coefficient (Wildman–Crippen LogP) is 3.59. The van der Waals surface area contributed by atoms with Gasteiger partial charge in [0.25, 0.3) is 0 Å². The second-order valence-corrected chi connectivity index (χ2v) is 7.66. The number of nitrogens with zero attached hydrogens (tertiary/aromatic N) is 1. The topological polar surface area (TPSA) is 23.2 Å². The molecule has 0 aromatic heterocycles. The van der Waals surface area contributed by atoms with Crippen LogP contribution in [0.4, 0.5) is 0 Å². The quantitative estimate of drug-likeness (QED) is 0.844. The van der Waals surface area contributed by atoms with Gasteiger partial charge in [-0.05, 0) is 37.5 Å². The molecule has 2 heteroatoms. The van der Waals surface area contributed by atoms with Crippen molar-refractivity contribution in [3.05, 3.63) is 34.4 Å². The molecule has 21 heavy (non-hydrogen) atoms. The molecule has 0 aliphatic carbocycles. The maximum atomic E-state index is 9.76. The highest BCUT2D eigenvalue weighted by atomic mass is 16.3. The van der Waals surface area contributed by atoms with Crippen molar-refractivity contribution in [3.63, 3.8) is 0 Å². The molecule has 1 heterocycles. The average molecular weight is 288 g/mol. The highest BCUT2D eigenvalue weighted by Gasteiger charge is 2.37. The maximum Gasteiger partial charge on any atom is 0.179 e. The molecular formula is C19H30NO+. The van der Waals surface area contributed by atoms with Gasteiger partial charge in [0.1, 0.15) is 19.4 Å². The third-order valence-electron chi connectivity index (χ3n) is 4.75. The first-order valence-electron chi connectivity index (χ1n) is 8.03. The molecule has 0 fully saturated rings. The lowest BCUT2D eigenvalue weighted by molar-refractivity contribution is -0.573. The molecule has 2 nitrogen and oxygen atoms in total. The zero-order valence-electron chi connectivity index (χ0n) is 14.4. The highest BCUT2D eigenvalue weighted by Crippen LogP contribution is 2.31. The van der Waals surface area contributed by atoms with E-state index in [0.29, 0.717) is 5.92 Å². The Kier molecular flexibility index (Phi) is 4.57. The van der Waals surface area contributed by atoms with Crippen LogP contribution >= 0.6 is 0 Å². The second kappa shape index (κ2) is 5.92. The molecule has 2 atom stereocenters. The number of hydrogen-bond donors (Lipinski definition) is 1. The van der Waals surface area contributed by atoms with Crippen LogP contribution in [0, 0.1) is 26.2 Å². The number of rotatable bonds is 3. The molecule has 0 spiro atoms. The third-order valence-corrected chi connectivity index (χ3v) is 4.75. The zero-order chi connectivity index (χ0) is 15.8. The molecule has 0 saturated heterocycles. The van der Waals surface area contributed by atoms with Gasteiger partial charge >= 0.3 is 0 Å². The fourth-order valence-electron chi connectivity index (χ4n) is 3.80. The van der Waals surface area contributed by atoms with E-state index < -0.39 is 0 Å². The van der Waals surface area contributed by atoms with Crippen molar-refractivity contribution in [1.29, 1.82) is 0 Å². The van der Waals surface area contributed by atoms with Gasteiger partial charge in [-0.25, -0.2) is 4.58 Å². The van der Waals surface area contributed by atoms with Crippen molar-refractivity contribution in [2.75, 3.05) is 13.2 Å². The summed E-state index contributed by atoms with van der Waals surface area (Å²) in [6.07, 6.45) is 3.51. The van der Waals surface area contributed by atoms with Crippen LogP contribution < -0.4 is 0 Å². The van der Waals surface area contributed by atoms with Gasteiger partial charge in [-0.1, -0.05) is 38.5 Å². The Balaban J connectivity index is 2.33. The molecule has 1 N–H and O–H groups in total. The predicted molar refractivity (Wildman–Crippen MR) is 89.5 cm³/mol. The third kappa shape index (κ3) is 3.37. The van der Waals surface area contributed by atoms with Crippen LogP contribution in [0.2, 0.25) is 0 Å². The molecule has 2 rings (SSSR count). The van der Waals surface area contributed by atoms with E-state index in [1.54, 1.807) is 0 Å². The summed E-state index contributed by atoms with van der Waals surface area (Å²) in [6, 6.07) is 4.77. The monoisotopic (exact) mass is 288 g/mol. The Morgan fingerprint density at radius 1 is 1.19 bits per heavy atom. The van der Waals surface area contributed by atoms with Crippen LogP contribution in [-0.4, -0.2) is 35.1 Å². The molecule has 0 radical (unpaired) electrons. The summed E-state index contributed by atoms with van der Waals surface area (Å²) in [5.74, 6) is 0.488. The van der Waals surface area contributed by atoms with Crippen LogP contribution in [0.1, 0.15) is 55.4 Å². The van der Waals surface area contributed by atoms with E-state index in [1.165, 1.54) is 22.3 Å². The van der Waals surface area contributed by atoms with Crippen molar-refractivity contribution in [1.82, 2.24) is 0 Å². The first kappa shape index (κ1) is 16.2. The molecular weight excluding hydrogens is 258 g/mol. The molecule has 0 bridgehead atoms. The highest BCUT2D eigenvalue weighted by molar-refractivity contribution is 5.67. The van der Waals surface area contributed by atoms with Crippen LogP contribution in [0.25, 0.3) is 0 Å². The lowest BCUT2D eigenvalue weighted by Crippen LogP contribution is -2.40. The maximum absolute atomic E-state index is 9.76. The van der Waals surface area contributed by atoms with E-state index in [4.69, 9.17) is 0 Å². The van der Waals surface area contributed by atoms with E-state index in [9.17, 15) is 5.11 Å². The smallest absolute Gasteiger partial charge is 0.179 e. The Morgan fingerprint density at radius 3 is 2.24 bits per heavy atom. The first-order chi connectivity index (χ1) is 9.74. The largest absolute Gasteiger partial charge is 0.389 e. The Hall–Kier alpha value is -1.15. The van der Waals surface area contributed by atoms with Crippen molar-refractivity contribution >= 4 is 6.21 Å². The van der Waals surface area contributed by atoms with Crippen LogP contribution in [-0.2, 0) is 0 Å². The standard InChI is InChI=1S/C19H30NO/c1-13-9-14(2)18(15(3)10-13)16-7-8-20(11-16)17(12-21)19(4,5)6/h9-11,16-17,21H,7-8,12H2,1-6H3/q+1/t16?,17-/m1/s1. The van der Waals surface area contributed by atoms with E-state index >= 15 is 0 Å². The van der Waals surface area contributed by atoms with Gasteiger partial charge in [0.05, 0.1) is 5.92 Å². The number of aliphatic hydroxyl groups excluding tert-OH is 1. The zero-order valence-corrected chi connectivity index (χ0v) is 14.4. The van der Waals surface area contributed by atoms with Gasteiger partial charge in [-0.2, -0.15) is 0 Å². The minimum atomic E-state index is 0.0947. The van der Waals surface area contributed by atoms with Crippen LogP contribution in [0.5, 0.6) is 0 Å². The summed E-state index contributed by atoms with van der Waals surface area (Å²) in [5, 5.41) is 9.76. The van der Waals surface area contributed by atoms with Gasteiger partial charge in [0, 0.05) is 11.8 Å². The Morgan fingerprint density at radius 2 is 1.76 bits per heavy atom. The summed E-state index contributed by atoms with van der Waals surface area (Å²) in [6.45, 7) is 14.5. The van der Waals surface area contributed by atoms with Gasteiger partial charge in [0.2, 0.25) is 0 Å². The normalized spacial score (nSPS) is 20.5. The van der Waals surface area contributed by atoms with E-state index in [-0.39, 0.29) is 18.1 Å². The Bertz CT molecular complexity index is 528. The van der Waals surface area contributed by atoms with Gasteiger partial charge in [0.15, 0.2) is 6.04 Å². The number of aliphatic hydroxyl groups is 1. The van der Waals surface area contributed by atoms with Crippen molar-refractivity contribution < 1.29 is 9.68 Å². The fourth-order valence-corrected chi connectivity index (χ4v) is 3.80. The average Bonchev–Trinajstić information content (AvgIpc) is 2.75. The van der Waals surface area contributed by atoms with E-state index in [0.717, 1.165) is 13.0 Å². The van der Waals surface area contributed by atoms with Crippen LogP contribution in [0.3, 0.4) is 0 Å².